The largest absolute Gasteiger partial charge is 0.349 e. The van der Waals surface area contributed by atoms with Crippen molar-refractivity contribution >= 4 is 41.6 Å². The van der Waals surface area contributed by atoms with Crippen molar-refractivity contribution in [3.8, 4) is 0 Å². The number of halogens is 3. The number of aryl methyl sites for hydroxylation is 1. The summed E-state index contributed by atoms with van der Waals surface area (Å²) in [6.07, 6.45) is 3.72. The van der Waals surface area contributed by atoms with Gasteiger partial charge in [0.2, 0.25) is 0 Å². The molecule has 1 saturated carbocycles. The van der Waals surface area contributed by atoms with Crippen LogP contribution < -0.4 is 11.1 Å². The summed E-state index contributed by atoms with van der Waals surface area (Å²) in [4.78, 5) is 16.8. The number of nitrogens with two attached hydrogens (primary N) is 1. The first kappa shape index (κ1) is 20.6. The number of hydrogen-bond donors (Lipinski definition) is 2. The van der Waals surface area contributed by atoms with Crippen LogP contribution in [-0.4, -0.2) is 23.0 Å². The lowest BCUT2D eigenvalue weighted by Gasteiger charge is -2.27. The third kappa shape index (κ3) is 4.56. The summed E-state index contributed by atoms with van der Waals surface area (Å²) in [5, 5.41) is 3.83. The maximum atomic E-state index is 13.2. The Balaban J connectivity index is 0.00000144. The summed E-state index contributed by atoms with van der Waals surface area (Å²) in [5.41, 5.74) is 7.62. The third-order valence-electron chi connectivity index (χ3n) is 4.32. The first-order chi connectivity index (χ1) is 10.5. The lowest BCUT2D eigenvalue weighted by atomic mass is 9.91. The van der Waals surface area contributed by atoms with Gasteiger partial charge in [-0.15, -0.1) is 24.8 Å². The van der Waals surface area contributed by atoms with Crippen LogP contribution >= 0.6 is 24.8 Å². The van der Waals surface area contributed by atoms with Crippen LogP contribution in [0.2, 0.25) is 0 Å². The first-order valence-corrected chi connectivity index (χ1v) is 7.66. The molecule has 4 nitrogen and oxygen atoms in total. The topological polar surface area (TPSA) is 68.0 Å². The normalized spacial score (nSPS) is 20.0. The average molecular weight is 374 g/mol. The number of fused-ring (bicyclic) bond motifs is 1. The fraction of sp³-hybridized carbons (Fsp3) is 0.412. The Labute approximate surface area is 153 Å². The number of aromatic nitrogens is 1. The maximum Gasteiger partial charge on any atom is 0.253 e. The number of nitrogens with one attached hydrogen (secondary N) is 1. The second kappa shape index (κ2) is 8.60. The molecule has 7 heteroatoms. The van der Waals surface area contributed by atoms with E-state index in [2.05, 4.69) is 10.3 Å². The second-order valence-corrected chi connectivity index (χ2v) is 6.04. The molecule has 0 spiro atoms. The van der Waals surface area contributed by atoms with E-state index in [4.69, 9.17) is 5.73 Å². The molecule has 1 fully saturated rings. The molecule has 0 radical (unpaired) electrons. The molecule has 2 aromatic rings. The van der Waals surface area contributed by atoms with Crippen LogP contribution in [0.15, 0.2) is 24.3 Å². The molecule has 0 bridgehead atoms. The monoisotopic (exact) mass is 373 g/mol. The van der Waals surface area contributed by atoms with E-state index >= 15 is 0 Å². The Bertz CT molecular complexity index is 718. The van der Waals surface area contributed by atoms with E-state index in [0.29, 0.717) is 16.8 Å². The quantitative estimate of drug-likeness (QED) is 0.845. The lowest BCUT2D eigenvalue weighted by molar-refractivity contribution is 0.0925. The summed E-state index contributed by atoms with van der Waals surface area (Å²) in [7, 11) is 0. The van der Waals surface area contributed by atoms with E-state index in [0.717, 1.165) is 31.1 Å². The van der Waals surface area contributed by atoms with Gasteiger partial charge in [0.25, 0.3) is 5.91 Å². The van der Waals surface area contributed by atoms with Gasteiger partial charge in [0, 0.05) is 23.5 Å². The van der Waals surface area contributed by atoms with Gasteiger partial charge < -0.3 is 11.1 Å². The zero-order chi connectivity index (χ0) is 15.7. The molecule has 1 heterocycles. The van der Waals surface area contributed by atoms with Crippen LogP contribution in [0, 0.1) is 12.7 Å². The van der Waals surface area contributed by atoms with Crippen molar-refractivity contribution in [2.75, 3.05) is 0 Å². The average Bonchev–Trinajstić information content (AvgIpc) is 2.48. The molecular formula is C17H22Cl2FN3O. The van der Waals surface area contributed by atoms with Gasteiger partial charge in [0.15, 0.2) is 0 Å². The minimum absolute atomic E-state index is 0. The van der Waals surface area contributed by atoms with E-state index in [1.54, 1.807) is 19.1 Å². The van der Waals surface area contributed by atoms with Gasteiger partial charge in [-0.05, 0) is 50.8 Å². The van der Waals surface area contributed by atoms with Gasteiger partial charge >= 0.3 is 0 Å². The highest BCUT2D eigenvalue weighted by molar-refractivity contribution is 5.98. The molecule has 0 saturated heterocycles. The number of benzene rings is 1. The number of amides is 1. The molecule has 1 aromatic carbocycles. The second-order valence-electron chi connectivity index (χ2n) is 6.04. The predicted molar refractivity (Wildman–Crippen MR) is 98.6 cm³/mol. The van der Waals surface area contributed by atoms with Crippen molar-refractivity contribution in [1.29, 1.82) is 0 Å². The van der Waals surface area contributed by atoms with Crippen LogP contribution in [0.25, 0.3) is 10.9 Å². The molecular weight excluding hydrogens is 352 g/mol. The Morgan fingerprint density at radius 3 is 2.54 bits per heavy atom. The molecule has 132 valence electrons. The molecule has 1 aliphatic carbocycles. The number of nitrogens with zero attached hydrogens (tertiary/aromatic N) is 1. The summed E-state index contributed by atoms with van der Waals surface area (Å²) in [5.74, 6) is -0.438. The first-order valence-electron chi connectivity index (χ1n) is 7.66. The number of rotatable bonds is 2. The maximum absolute atomic E-state index is 13.2. The molecule has 0 atom stereocenters. The predicted octanol–water partition coefficient (Wildman–Crippen LogP) is 3.53. The van der Waals surface area contributed by atoms with Gasteiger partial charge in [0.1, 0.15) is 5.82 Å². The molecule has 3 N–H and O–H groups in total. The fourth-order valence-corrected chi connectivity index (χ4v) is 2.99. The Morgan fingerprint density at radius 2 is 1.88 bits per heavy atom. The Hall–Kier alpha value is -1.43. The van der Waals surface area contributed by atoms with E-state index < -0.39 is 0 Å². The number of carbonyl (C=O) groups excluding carboxylic acids is 1. The van der Waals surface area contributed by atoms with Crippen molar-refractivity contribution < 1.29 is 9.18 Å². The molecule has 1 aliphatic rings. The Kier molecular flexibility index (Phi) is 7.39. The summed E-state index contributed by atoms with van der Waals surface area (Å²) in [6.45, 7) is 1.77. The van der Waals surface area contributed by atoms with E-state index in [1.165, 1.54) is 12.1 Å². The van der Waals surface area contributed by atoms with Crippen LogP contribution in [-0.2, 0) is 0 Å². The van der Waals surface area contributed by atoms with E-state index in [9.17, 15) is 9.18 Å². The molecule has 24 heavy (non-hydrogen) atoms. The number of hydrogen-bond acceptors (Lipinski definition) is 3. The van der Waals surface area contributed by atoms with Gasteiger partial charge in [-0.3, -0.25) is 9.78 Å². The minimum atomic E-state index is -0.324. The molecule has 1 amide bonds. The summed E-state index contributed by atoms with van der Waals surface area (Å²) >= 11 is 0. The molecule has 0 aliphatic heterocycles. The van der Waals surface area contributed by atoms with Crippen molar-refractivity contribution in [2.45, 2.75) is 44.7 Å². The zero-order valence-corrected chi connectivity index (χ0v) is 15.1. The van der Waals surface area contributed by atoms with Crippen molar-refractivity contribution in [3.63, 3.8) is 0 Å². The summed E-state index contributed by atoms with van der Waals surface area (Å²) in [6, 6.07) is 6.62. The highest BCUT2D eigenvalue weighted by Crippen LogP contribution is 2.20. The standard InChI is InChI=1S/C17H20FN3O.2ClH/c1-10-15(8-11-2-3-12(18)9-16(11)20-10)17(22)21-14-6-4-13(19)5-7-14;;/h2-3,8-9,13-14H,4-7,19H2,1H3,(H,21,22);2*1H. The minimum Gasteiger partial charge on any atom is -0.349 e. The van der Waals surface area contributed by atoms with Crippen LogP contribution in [0.5, 0.6) is 0 Å². The van der Waals surface area contributed by atoms with Crippen molar-refractivity contribution in [3.05, 3.63) is 41.3 Å². The third-order valence-corrected chi connectivity index (χ3v) is 4.32. The molecule has 0 unspecified atom stereocenters. The molecule has 3 rings (SSSR count). The summed E-state index contributed by atoms with van der Waals surface area (Å²) < 4.78 is 13.2. The van der Waals surface area contributed by atoms with Crippen LogP contribution in [0.3, 0.4) is 0 Å². The van der Waals surface area contributed by atoms with Gasteiger partial charge in [0.05, 0.1) is 16.8 Å². The smallest absolute Gasteiger partial charge is 0.253 e. The molecule has 1 aromatic heterocycles. The van der Waals surface area contributed by atoms with Crippen LogP contribution in [0.4, 0.5) is 4.39 Å². The fourth-order valence-electron chi connectivity index (χ4n) is 2.99. The zero-order valence-electron chi connectivity index (χ0n) is 13.4. The number of carbonyl (C=O) groups is 1. The lowest BCUT2D eigenvalue weighted by Crippen LogP contribution is -2.40. The van der Waals surface area contributed by atoms with Gasteiger partial charge in [-0.2, -0.15) is 0 Å². The van der Waals surface area contributed by atoms with Crippen molar-refractivity contribution in [1.82, 2.24) is 10.3 Å². The SMILES string of the molecule is Cc1nc2cc(F)ccc2cc1C(=O)NC1CCC(N)CC1.Cl.Cl. The van der Waals surface area contributed by atoms with E-state index in [1.807, 2.05) is 0 Å². The van der Waals surface area contributed by atoms with Crippen LogP contribution in [0.1, 0.15) is 41.7 Å². The van der Waals surface area contributed by atoms with Gasteiger partial charge in [-0.25, -0.2) is 4.39 Å². The highest BCUT2D eigenvalue weighted by atomic mass is 35.5. The highest BCUT2D eigenvalue weighted by Gasteiger charge is 2.21. The Morgan fingerprint density at radius 1 is 1.21 bits per heavy atom. The van der Waals surface area contributed by atoms with Crippen molar-refractivity contribution in [2.24, 2.45) is 5.73 Å². The number of pyridine rings is 1. The van der Waals surface area contributed by atoms with Gasteiger partial charge in [-0.1, -0.05) is 0 Å². The van der Waals surface area contributed by atoms with E-state index in [-0.39, 0.29) is 48.6 Å².